The largest absolute Gasteiger partial charge is 0.340 e. The Labute approximate surface area is 175 Å². The van der Waals surface area contributed by atoms with E-state index in [1.54, 1.807) is 0 Å². The first-order chi connectivity index (χ1) is 13.9. The minimum atomic E-state index is 0.132. The molecule has 0 fully saturated rings. The van der Waals surface area contributed by atoms with Gasteiger partial charge in [-0.2, -0.15) is 0 Å². The Balaban J connectivity index is 2.02. The monoisotopic (exact) mass is 381 g/mol. The zero-order valence-electron chi connectivity index (χ0n) is 18.3. The number of fused-ring (bicyclic) bond motifs is 1. The van der Waals surface area contributed by atoms with E-state index in [2.05, 4.69) is 112 Å². The molecule has 1 aromatic heterocycles. The summed E-state index contributed by atoms with van der Waals surface area (Å²) in [7, 11) is 0. The van der Waals surface area contributed by atoms with Crippen LogP contribution in [0.2, 0.25) is 0 Å². The van der Waals surface area contributed by atoms with Crippen LogP contribution in [0.4, 0.5) is 0 Å². The van der Waals surface area contributed by atoms with Gasteiger partial charge in [0.15, 0.2) is 0 Å². The first-order valence-electron chi connectivity index (χ1n) is 10.7. The molecule has 0 spiro atoms. The molecule has 0 unspecified atom stereocenters. The maximum absolute atomic E-state index is 2.53. The second-order valence-corrected chi connectivity index (χ2v) is 9.04. The molecule has 4 rings (SSSR count). The van der Waals surface area contributed by atoms with E-state index in [9.17, 15) is 0 Å². The van der Waals surface area contributed by atoms with Crippen LogP contribution in [0.3, 0.4) is 0 Å². The van der Waals surface area contributed by atoms with Crippen molar-refractivity contribution in [3.05, 3.63) is 95.2 Å². The number of benzene rings is 3. The Morgan fingerprint density at radius 3 is 2.17 bits per heavy atom. The van der Waals surface area contributed by atoms with Crippen molar-refractivity contribution < 1.29 is 0 Å². The van der Waals surface area contributed by atoms with Gasteiger partial charge in [0.1, 0.15) is 0 Å². The number of aromatic nitrogens is 1. The van der Waals surface area contributed by atoms with Crippen molar-refractivity contribution >= 4 is 10.9 Å². The van der Waals surface area contributed by atoms with Gasteiger partial charge in [0.2, 0.25) is 0 Å². The van der Waals surface area contributed by atoms with Crippen LogP contribution < -0.4 is 0 Å². The molecule has 0 atom stereocenters. The molecule has 0 saturated heterocycles. The molecule has 1 nitrogen and oxygen atoms in total. The van der Waals surface area contributed by atoms with E-state index in [1.807, 2.05) is 0 Å². The molecule has 29 heavy (non-hydrogen) atoms. The van der Waals surface area contributed by atoms with Crippen LogP contribution in [-0.4, -0.2) is 4.57 Å². The van der Waals surface area contributed by atoms with Crippen molar-refractivity contribution in [1.82, 2.24) is 4.57 Å². The number of rotatable bonds is 4. The summed E-state index contributed by atoms with van der Waals surface area (Å²) in [6, 6.07) is 26.7. The molecule has 1 heterocycles. The third-order valence-electron chi connectivity index (χ3n) is 6.02. The second-order valence-electron chi connectivity index (χ2n) is 9.04. The number of hydrogen-bond donors (Lipinski definition) is 0. The van der Waals surface area contributed by atoms with Gasteiger partial charge in [0.25, 0.3) is 0 Å². The van der Waals surface area contributed by atoms with Gasteiger partial charge in [-0.15, -0.1) is 0 Å². The SMILES string of the molecule is CCc1c(-c2ccccc2)c2cc(C(C)(C)C)ccc2n1Cc1ccccc1C. The standard InChI is InChI=1S/C28H31N/c1-6-25-27(21-13-8-7-9-14-21)24-18-23(28(3,4)5)16-17-26(24)29(25)19-22-15-11-10-12-20(22)2/h7-18H,6,19H2,1-5H3. The highest BCUT2D eigenvalue weighted by Crippen LogP contribution is 2.38. The average molecular weight is 382 g/mol. The van der Waals surface area contributed by atoms with Gasteiger partial charge in [0, 0.05) is 28.7 Å². The summed E-state index contributed by atoms with van der Waals surface area (Å²) in [4.78, 5) is 0. The summed E-state index contributed by atoms with van der Waals surface area (Å²) in [6.07, 6.45) is 1.01. The molecule has 4 aromatic rings. The molecule has 0 radical (unpaired) electrons. The third kappa shape index (κ3) is 3.62. The minimum Gasteiger partial charge on any atom is -0.340 e. The lowest BCUT2D eigenvalue weighted by atomic mass is 9.86. The lowest BCUT2D eigenvalue weighted by Crippen LogP contribution is -2.10. The fourth-order valence-electron chi connectivity index (χ4n) is 4.31. The fraction of sp³-hybridized carbons (Fsp3) is 0.286. The summed E-state index contributed by atoms with van der Waals surface area (Å²) in [5.41, 5.74) is 9.71. The van der Waals surface area contributed by atoms with Crippen LogP contribution >= 0.6 is 0 Å². The smallest absolute Gasteiger partial charge is 0.0492 e. The van der Waals surface area contributed by atoms with Crippen molar-refractivity contribution in [2.75, 3.05) is 0 Å². The van der Waals surface area contributed by atoms with Crippen molar-refractivity contribution in [2.45, 2.75) is 53.0 Å². The van der Waals surface area contributed by atoms with E-state index in [4.69, 9.17) is 0 Å². The Morgan fingerprint density at radius 1 is 0.828 bits per heavy atom. The predicted molar refractivity (Wildman–Crippen MR) is 126 cm³/mol. The zero-order valence-corrected chi connectivity index (χ0v) is 18.3. The Morgan fingerprint density at radius 2 is 1.52 bits per heavy atom. The molecule has 0 bridgehead atoms. The molecule has 148 valence electrons. The predicted octanol–water partition coefficient (Wildman–Crippen LogP) is 7.52. The summed E-state index contributed by atoms with van der Waals surface area (Å²) >= 11 is 0. The van der Waals surface area contributed by atoms with E-state index in [-0.39, 0.29) is 5.41 Å². The van der Waals surface area contributed by atoms with Crippen LogP contribution in [0.25, 0.3) is 22.0 Å². The van der Waals surface area contributed by atoms with E-state index < -0.39 is 0 Å². The molecule has 0 aliphatic heterocycles. The zero-order chi connectivity index (χ0) is 20.6. The lowest BCUT2D eigenvalue weighted by Gasteiger charge is -2.19. The Hall–Kier alpha value is -2.80. The van der Waals surface area contributed by atoms with Crippen LogP contribution in [0.15, 0.2) is 72.8 Å². The van der Waals surface area contributed by atoms with Crippen LogP contribution in [0.5, 0.6) is 0 Å². The van der Waals surface area contributed by atoms with Crippen molar-refractivity contribution in [1.29, 1.82) is 0 Å². The van der Waals surface area contributed by atoms with Gasteiger partial charge in [-0.3, -0.25) is 0 Å². The molecule has 1 heteroatoms. The molecule has 0 amide bonds. The van der Waals surface area contributed by atoms with Crippen LogP contribution in [0, 0.1) is 6.92 Å². The lowest BCUT2D eigenvalue weighted by molar-refractivity contribution is 0.591. The summed E-state index contributed by atoms with van der Waals surface area (Å²) in [5.74, 6) is 0. The molecule has 0 saturated carbocycles. The minimum absolute atomic E-state index is 0.132. The van der Waals surface area contributed by atoms with Gasteiger partial charge >= 0.3 is 0 Å². The summed E-state index contributed by atoms with van der Waals surface area (Å²) in [5, 5.41) is 1.37. The second kappa shape index (κ2) is 7.55. The highest BCUT2D eigenvalue weighted by Gasteiger charge is 2.21. The van der Waals surface area contributed by atoms with E-state index in [0.717, 1.165) is 13.0 Å². The molecule has 0 aliphatic rings. The first kappa shape index (κ1) is 19.5. The van der Waals surface area contributed by atoms with E-state index in [0.29, 0.717) is 0 Å². The third-order valence-corrected chi connectivity index (χ3v) is 6.02. The van der Waals surface area contributed by atoms with E-state index in [1.165, 1.54) is 44.4 Å². The van der Waals surface area contributed by atoms with Crippen molar-refractivity contribution in [3.63, 3.8) is 0 Å². The van der Waals surface area contributed by atoms with Gasteiger partial charge < -0.3 is 4.57 Å². The van der Waals surface area contributed by atoms with Crippen LogP contribution in [-0.2, 0) is 18.4 Å². The molecule has 0 N–H and O–H groups in total. The number of nitrogens with zero attached hydrogens (tertiary/aromatic N) is 1. The maximum Gasteiger partial charge on any atom is 0.0492 e. The Bertz CT molecular complexity index is 1140. The van der Waals surface area contributed by atoms with Gasteiger partial charge in [-0.25, -0.2) is 0 Å². The topological polar surface area (TPSA) is 4.93 Å². The quantitative estimate of drug-likeness (QED) is 0.344. The molecule has 0 aliphatic carbocycles. The maximum atomic E-state index is 2.53. The van der Waals surface area contributed by atoms with E-state index >= 15 is 0 Å². The van der Waals surface area contributed by atoms with Crippen LogP contribution in [0.1, 0.15) is 50.1 Å². The Kier molecular flexibility index (Phi) is 5.08. The fourth-order valence-corrected chi connectivity index (χ4v) is 4.31. The van der Waals surface area contributed by atoms with Crippen molar-refractivity contribution in [2.24, 2.45) is 0 Å². The van der Waals surface area contributed by atoms with Gasteiger partial charge in [-0.1, -0.05) is 88.4 Å². The summed E-state index contributed by atoms with van der Waals surface area (Å²) < 4.78 is 2.53. The highest BCUT2D eigenvalue weighted by molar-refractivity contribution is 5.98. The molecular formula is C28H31N. The first-order valence-corrected chi connectivity index (χ1v) is 10.7. The van der Waals surface area contributed by atoms with Crippen molar-refractivity contribution in [3.8, 4) is 11.1 Å². The highest BCUT2D eigenvalue weighted by atomic mass is 15.0. The molecule has 3 aromatic carbocycles. The average Bonchev–Trinajstić information content (AvgIpc) is 3.02. The van der Waals surface area contributed by atoms with Gasteiger partial charge in [-0.05, 0) is 53.1 Å². The number of aryl methyl sites for hydroxylation is 1. The molecular weight excluding hydrogens is 350 g/mol. The number of hydrogen-bond acceptors (Lipinski definition) is 0. The van der Waals surface area contributed by atoms with Gasteiger partial charge in [0.05, 0.1) is 0 Å². The summed E-state index contributed by atoms with van der Waals surface area (Å²) in [6.45, 7) is 12.3. The normalized spacial score (nSPS) is 11.9.